The molecule has 3 saturated carbocycles. The lowest BCUT2D eigenvalue weighted by atomic mass is 9.51. The largest absolute Gasteiger partial charge is 0.508 e. The van der Waals surface area contributed by atoms with Crippen molar-refractivity contribution >= 4 is 11.7 Å². The van der Waals surface area contributed by atoms with E-state index in [0.717, 1.165) is 106 Å². The van der Waals surface area contributed by atoms with Gasteiger partial charge in [0.2, 0.25) is 0 Å². The Bertz CT molecular complexity index is 2740. The molecule has 3 fully saturated rings. The van der Waals surface area contributed by atoms with Gasteiger partial charge in [0.25, 0.3) is 0 Å². The number of carbonyl (C=O) groups excluding carboxylic acids is 1. The third-order valence-corrected chi connectivity index (χ3v) is 18.4. The van der Waals surface area contributed by atoms with E-state index >= 15 is 0 Å². The summed E-state index contributed by atoms with van der Waals surface area (Å²) in [5, 5.41) is 61.7. The van der Waals surface area contributed by atoms with Crippen molar-refractivity contribution in [1.82, 2.24) is 5.32 Å². The molecule has 0 radical (unpaired) electrons. The number of nitrogens with zero attached hydrogens (tertiary/aromatic N) is 1. The topological polar surface area (TPSA) is 187 Å². The summed E-state index contributed by atoms with van der Waals surface area (Å²) < 4.78 is 13.1. The van der Waals surface area contributed by atoms with Crippen LogP contribution >= 0.6 is 0 Å². The van der Waals surface area contributed by atoms with E-state index in [4.69, 9.17) is 20.2 Å². The Morgan fingerprint density at radius 3 is 2.58 bits per heavy atom. The van der Waals surface area contributed by atoms with E-state index < -0.39 is 22.9 Å². The fourth-order valence-corrected chi connectivity index (χ4v) is 14.9. The third-order valence-electron chi connectivity index (χ3n) is 18.4. The predicted octanol–water partition coefficient (Wildman–Crippen LogP) is 9.69. The van der Waals surface area contributed by atoms with Crippen LogP contribution in [0.3, 0.4) is 0 Å². The van der Waals surface area contributed by atoms with Gasteiger partial charge in [0.15, 0.2) is 23.2 Å². The number of allylic oxidation sites excluding steroid dienone is 3. The number of fused-ring (bicyclic) bond motifs is 11. The number of carbonyl (C=O) groups is 1. The Kier molecular flexibility index (Phi) is 15.8. The summed E-state index contributed by atoms with van der Waals surface area (Å²) in [6, 6.07) is 16.4. The molecule has 6 aliphatic carbocycles. The number of methoxy groups -OCH3 is 1. The van der Waals surface area contributed by atoms with E-state index in [2.05, 4.69) is 66.6 Å². The fourth-order valence-electron chi connectivity index (χ4n) is 14.9. The molecule has 0 saturated heterocycles. The molecule has 1 spiro atoms. The van der Waals surface area contributed by atoms with Crippen molar-refractivity contribution in [2.75, 3.05) is 33.5 Å². The monoisotopic (exact) mass is 1010 g/mol. The molecule has 0 aromatic heterocycles. The zero-order chi connectivity index (χ0) is 51.6. The van der Waals surface area contributed by atoms with Gasteiger partial charge in [0.05, 0.1) is 37.5 Å². The number of benzene rings is 3. The van der Waals surface area contributed by atoms with Gasteiger partial charge in [-0.15, -0.1) is 0 Å². The summed E-state index contributed by atoms with van der Waals surface area (Å²) >= 11 is 0. The van der Waals surface area contributed by atoms with Gasteiger partial charge in [0, 0.05) is 66.8 Å². The van der Waals surface area contributed by atoms with E-state index in [-0.39, 0.29) is 91.7 Å². The lowest BCUT2D eigenvalue weighted by molar-refractivity contribution is -0.114. The summed E-state index contributed by atoms with van der Waals surface area (Å²) in [5.41, 5.74) is 14.1. The molecule has 7 aliphatic rings. The molecule has 11 nitrogen and oxygen atoms in total. The summed E-state index contributed by atoms with van der Waals surface area (Å²) in [6.45, 7) is 2.03. The summed E-state index contributed by atoms with van der Waals surface area (Å²) in [5.74, 6) is 6.99. The first kappa shape index (κ1) is 52.1. The standard InChI is InChI=1S/C63H79N3O8/c1-39-24-53-44-27-41(29-49(71)30-44)26-40-12-10-14-46(28-40)63(22-8-3-9-23-63)66-61(64)65-47-15-11-19-52-42(20-21-48(70)31-45(36-68)51-18-7-4-13-43(51)35-67)32-57(74-50-16-5-6-17-50)60(72)59(52)58-54(25-39)55(53)34-62(33-47,38-69)56(58)37-73-2/h4,10,12-14,27-32,34,39,43,47,50-51,53-54,56,58,67-69,71-72H,3,5-9,15-18,20-26,33,35-38H2,1-2H3,(H3,64,65,66). The number of phenolic OH excluding ortho intramolecular Hbond substituents is 2. The molecule has 0 amide bonds. The first-order valence-corrected chi connectivity index (χ1v) is 28.0. The van der Waals surface area contributed by atoms with Crippen molar-refractivity contribution < 1.29 is 39.8 Å². The van der Waals surface area contributed by atoms with Crippen LogP contribution in [0.25, 0.3) is 0 Å². The van der Waals surface area contributed by atoms with Gasteiger partial charge in [-0.1, -0.05) is 92.2 Å². The minimum Gasteiger partial charge on any atom is -0.508 e. The number of nitrogens with one attached hydrogen (secondary N) is 1. The number of hydrogen-bond donors (Lipinski definition) is 7. The van der Waals surface area contributed by atoms with E-state index in [1.165, 1.54) is 11.1 Å². The molecule has 9 unspecified atom stereocenters. The number of aliphatic hydroxyl groups excluding tert-OH is 3. The number of ether oxygens (including phenoxy) is 2. The highest BCUT2D eigenvalue weighted by atomic mass is 16.5. The molecule has 1 heterocycles. The van der Waals surface area contributed by atoms with Crippen molar-refractivity contribution in [3.05, 3.63) is 123 Å². The maximum atomic E-state index is 14.2. The Balaban J connectivity index is 1.18. The Morgan fingerprint density at radius 1 is 0.986 bits per heavy atom. The highest BCUT2D eigenvalue weighted by Crippen LogP contribution is 2.62. The maximum absolute atomic E-state index is 14.2. The number of aryl methyl sites for hydroxylation is 1. The minimum absolute atomic E-state index is 0.0502. The van der Waals surface area contributed by atoms with Crippen molar-refractivity contribution in [3.8, 4) is 29.1 Å². The molecule has 3 aromatic carbocycles. The molecule has 74 heavy (non-hydrogen) atoms. The lowest BCUT2D eigenvalue weighted by Crippen LogP contribution is -2.51. The SMILES string of the molecule is COCC1C2c3c(O)c(OC4CCCC4)cc(CCC(=O)C=C(CO)C4CCC=CC4CO)c3C#CCC3CC1(CO)C=C1C(CC(C)CC12)c1cc(O)cc(c1)Cc1cccc(c1)C1(CCCCC1)NC(N)=N3. The highest BCUT2D eigenvalue weighted by Gasteiger charge is 2.54. The molecule has 1 aliphatic heterocycles. The van der Waals surface area contributed by atoms with Gasteiger partial charge in [-0.2, -0.15) is 0 Å². The van der Waals surface area contributed by atoms with Crippen LogP contribution < -0.4 is 15.8 Å². The van der Waals surface area contributed by atoms with Crippen LogP contribution in [0, 0.1) is 46.8 Å². The van der Waals surface area contributed by atoms with Crippen LogP contribution in [0.5, 0.6) is 17.2 Å². The average Bonchev–Trinajstić information content (AvgIpc) is 3.92. The second-order valence-electron chi connectivity index (χ2n) is 23.3. The van der Waals surface area contributed by atoms with Gasteiger partial charge in [-0.25, -0.2) is 4.99 Å². The van der Waals surface area contributed by atoms with E-state index in [9.17, 15) is 30.3 Å². The maximum Gasteiger partial charge on any atom is 0.189 e. The van der Waals surface area contributed by atoms with Crippen molar-refractivity contribution in [2.45, 2.75) is 152 Å². The zero-order valence-electron chi connectivity index (χ0n) is 43.7. The molecular weight excluding hydrogens is 927 g/mol. The van der Waals surface area contributed by atoms with Crippen LogP contribution in [0.4, 0.5) is 0 Å². The Morgan fingerprint density at radius 2 is 1.81 bits per heavy atom. The minimum atomic E-state index is -0.921. The van der Waals surface area contributed by atoms with Gasteiger partial charge >= 0.3 is 0 Å². The first-order chi connectivity index (χ1) is 35.9. The van der Waals surface area contributed by atoms with Crippen LogP contribution in [0.1, 0.15) is 160 Å². The number of aliphatic hydroxyl groups is 3. The van der Waals surface area contributed by atoms with Crippen molar-refractivity contribution in [2.24, 2.45) is 45.7 Å². The normalized spacial score (nSPS) is 29.6. The summed E-state index contributed by atoms with van der Waals surface area (Å²) in [7, 11) is 1.71. The number of rotatable bonds is 12. The molecule has 9 atom stereocenters. The number of phenols is 2. The number of ketones is 1. The molecular formula is C63H79N3O8. The van der Waals surface area contributed by atoms with Crippen LogP contribution in [-0.4, -0.2) is 83.0 Å². The number of guanidine groups is 1. The smallest absolute Gasteiger partial charge is 0.189 e. The predicted molar refractivity (Wildman–Crippen MR) is 289 cm³/mol. The van der Waals surface area contributed by atoms with Crippen LogP contribution in [-0.2, 0) is 27.9 Å². The van der Waals surface area contributed by atoms with Crippen molar-refractivity contribution in [1.29, 1.82) is 0 Å². The average molecular weight is 1010 g/mol. The Hall–Kier alpha value is -5.38. The Labute approximate surface area is 438 Å². The molecule has 8 N–H and O–H groups in total. The second kappa shape index (κ2) is 22.5. The molecule has 11 heteroatoms. The van der Waals surface area contributed by atoms with Crippen LogP contribution in [0.15, 0.2) is 89.0 Å². The molecule has 394 valence electrons. The van der Waals surface area contributed by atoms with E-state index in [0.29, 0.717) is 54.1 Å². The van der Waals surface area contributed by atoms with Gasteiger partial charge in [-0.3, -0.25) is 4.79 Å². The van der Waals surface area contributed by atoms with Crippen molar-refractivity contribution in [3.63, 3.8) is 0 Å². The zero-order valence-corrected chi connectivity index (χ0v) is 43.7. The van der Waals surface area contributed by atoms with Crippen LogP contribution in [0.2, 0.25) is 0 Å². The van der Waals surface area contributed by atoms with E-state index in [1.54, 1.807) is 13.2 Å². The molecule has 8 bridgehead atoms. The molecule has 3 aromatic rings. The second-order valence-corrected chi connectivity index (χ2v) is 23.3. The summed E-state index contributed by atoms with van der Waals surface area (Å²) in [6.07, 6.45) is 21.7. The first-order valence-electron chi connectivity index (χ1n) is 28.0. The number of aliphatic imine (C=N–C) groups is 1. The van der Waals surface area contributed by atoms with Gasteiger partial charge < -0.3 is 46.1 Å². The number of hydrogen-bond acceptors (Lipinski definition) is 11. The number of nitrogens with two attached hydrogens (primary N) is 1. The highest BCUT2D eigenvalue weighted by molar-refractivity contribution is 5.90. The van der Waals surface area contributed by atoms with E-state index in [1.807, 2.05) is 24.3 Å². The lowest BCUT2D eigenvalue weighted by Gasteiger charge is -2.54. The van der Waals surface area contributed by atoms with Gasteiger partial charge in [-0.05, 0) is 159 Å². The summed E-state index contributed by atoms with van der Waals surface area (Å²) in [4.78, 5) is 19.6. The molecule has 10 rings (SSSR count). The third kappa shape index (κ3) is 10.6. The van der Waals surface area contributed by atoms with Gasteiger partial charge in [0.1, 0.15) is 5.75 Å². The quantitative estimate of drug-likeness (QED) is 0.0523. The number of aromatic hydroxyl groups is 2. The fraction of sp³-hybridized carbons (Fsp3) is 0.556.